The summed E-state index contributed by atoms with van der Waals surface area (Å²) in [4.78, 5) is 2.31. The highest BCUT2D eigenvalue weighted by molar-refractivity contribution is 4.77. The lowest BCUT2D eigenvalue weighted by atomic mass is 9.91. The van der Waals surface area contributed by atoms with Crippen LogP contribution in [0.5, 0.6) is 0 Å². The second-order valence-corrected chi connectivity index (χ2v) is 3.49. The molecule has 1 heterocycles. The minimum Gasteiger partial charge on any atom is -0.395 e. The van der Waals surface area contributed by atoms with Gasteiger partial charge in [-0.05, 0) is 38.9 Å². The maximum absolute atomic E-state index is 8.81. The number of hydrogen-bond acceptors (Lipinski definition) is 3. The van der Waals surface area contributed by atoms with Gasteiger partial charge in [-0.2, -0.15) is 0 Å². The van der Waals surface area contributed by atoms with Gasteiger partial charge in [0.2, 0.25) is 0 Å². The van der Waals surface area contributed by atoms with E-state index in [2.05, 4.69) is 11.9 Å². The Morgan fingerprint density at radius 2 is 2.09 bits per heavy atom. The van der Waals surface area contributed by atoms with E-state index in [0.29, 0.717) is 5.92 Å². The number of likely N-dealkylation sites (tertiary alicyclic amines) is 1. The van der Waals surface area contributed by atoms with E-state index < -0.39 is 0 Å². The third-order valence-corrected chi connectivity index (χ3v) is 2.58. The van der Waals surface area contributed by atoms with Gasteiger partial charge in [-0.15, -0.1) is 0 Å². The van der Waals surface area contributed by atoms with E-state index in [4.69, 9.17) is 10.8 Å². The molecular formula is C8H18N2O. The molecule has 0 aliphatic carbocycles. The molecule has 0 amide bonds. The number of piperidine rings is 1. The third kappa shape index (κ3) is 2.43. The van der Waals surface area contributed by atoms with Crippen LogP contribution in [-0.4, -0.2) is 42.8 Å². The Balaban J connectivity index is 2.27. The van der Waals surface area contributed by atoms with Crippen LogP contribution in [0.1, 0.15) is 12.8 Å². The zero-order valence-corrected chi connectivity index (χ0v) is 7.16. The van der Waals surface area contributed by atoms with E-state index in [1.807, 2.05) is 0 Å². The maximum atomic E-state index is 8.81. The molecule has 1 aliphatic heterocycles. The molecule has 0 spiro atoms. The number of aliphatic hydroxyl groups is 1. The second-order valence-electron chi connectivity index (χ2n) is 3.49. The quantitative estimate of drug-likeness (QED) is 0.577. The van der Waals surface area contributed by atoms with Crippen LogP contribution in [0.15, 0.2) is 0 Å². The van der Waals surface area contributed by atoms with Gasteiger partial charge >= 0.3 is 0 Å². The van der Waals surface area contributed by atoms with Crippen molar-refractivity contribution >= 4 is 0 Å². The molecule has 11 heavy (non-hydrogen) atoms. The van der Waals surface area contributed by atoms with Crippen molar-refractivity contribution in [2.45, 2.75) is 18.9 Å². The van der Waals surface area contributed by atoms with E-state index in [0.717, 1.165) is 25.9 Å². The Morgan fingerprint density at radius 1 is 1.55 bits per heavy atom. The molecule has 0 aromatic carbocycles. The zero-order valence-electron chi connectivity index (χ0n) is 7.16. The first-order valence-electron chi connectivity index (χ1n) is 4.29. The largest absolute Gasteiger partial charge is 0.395 e. The van der Waals surface area contributed by atoms with Crippen molar-refractivity contribution in [3.05, 3.63) is 0 Å². The van der Waals surface area contributed by atoms with Crippen LogP contribution in [0.2, 0.25) is 0 Å². The first kappa shape index (κ1) is 8.97. The van der Waals surface area contributed by atoms with Crippen LogP contribution in [0, 0.1) is 5.92 Å². The summed E-state index contributed by atoms with van der Waals surface area (Å²) in [5, 5.41) is 8.81. The van der Waals surface area contributed by atoms with Gasteiger partial charge < -0.3 is 15.7 Å². The van der Waals surface area contributed by atoms with Gasteiger partial charge in [0.1, 0.15) is 0 Å². The van der Waals surface area contributed by atoms with Crippen LogP contribution in [0.25, 0.3) is 0 Å². The van der Waals surface area contributed by atoms with Crippen LogP contribution in [0.3, 0.4) is 0 Å². The highest BCUT2D eigenvalue weighted by atomic mass is 16.3. The summed E-state index contributed by atoms with van der Waals surface area (Å²) < 4.78 is 0. The lowest BCUT2D eigenvalue weighted by Crippen LogP contribution is -2.41. The fourth-order valence-electron chi connectivity index (χ4n) is 1.61. The van der Waals surface area contributed by atoms with Gasteiger partial charge in [0, 0.05) is 6.04 Å². The van der Waals surface area contributed by atoms with Crippen molar-refractivity contribution in [1.29, 1.82) is 0 Å². The van der Waals surface area contributed by atoms with Gasteiger partial charge in [0.15, 0.2) is 0 Å². The van der Waals surface area contributed by atoms with Crippen molar-refractivity contribution in [3.63, 3.8) is 0 Å². The Hall–Kier alpha value is -0.120. The van der Waals surface area contributed by atoms with Gasteiger partial charge in [0.25, 0.3) is 0 Å². The molecule has 66 valence electrons. The number of nitrogens with two attached hydrogens (primary N) is 1. The first-order valence-corrected chi connectivity index (χ1v) is 4.29. The lowest BCUT2D eigenvalue weighted by molar-refractivity contribution is 0.158. The Bertz CT molecular complexity index is 111. The topological polar surface area (TPSA) is 49.5 Å². The Kier molecular flexibility index (Phi) is 3.30. The molecule has 3 nitrogen and oxygen atoms in total. The maximum Gasteiger partial charge on any atom is 0.0585 e. The van der Waals surface area contributed by atoms with Crippen molar-refractivity contribution in [2.24, 2.45) is 11.7 Å². The van der Waals surface area contributed by atoms with Crippen molar-refractivity contribution in [3.8, 4) is 0 Å². The SMILES string of the molecule is CN1CCC([C@H](N)CO)CC1. The predicted octanol–water partition coefficient (Wildman–Crippen LogP) is -0.352. The standard InChI is InChI=1S/C8H18N2O/c1-10-4-2-7(3-5-10)8(9)6-11/h7-8,11H,2-6,9H2,1H3/t8-/m1/s1. The van der Waals surface area contributed by atoms with E-state index in [1.54, 1.807) is 0 Å². The van der Waals surface area contributed by atoms with Crippen LogP contribution >= 0.6 is 0 Å². The highest BCUT2D eigenvalue weighted by Crippen LogP contribution is 2.17. The molecule has 0 unspecified atom stereocenters. The third-order valence-electron chi connectivity index (χ3n) is 2.58. The number of aliphatic hydroxyl groups excluding tert-OH is 1. The Labute approximate surface area is 68.2 Å². The van der Waals surface area contributed by atoms with E-state index in [1.165, 1.54) is 0 Å². The summed E-state index contributed by atoms with van der Waals surface area (Å²) >= 11 is 0. The molecule has 0 bridgehead atoms. The van der Waals surface area contributed by atoms with Gasteiger partial charge in [-0.3, -0.25) is 0 Å². The second kappa shape index (κ2) is 4.04. The summed E-state index contributed by atoms with van der Waals surface area (Å²) in [6.07, 6.45) is 2.27. The molecule has 3 heteroatoms. The van der Waals surface area contributed by atoms with Crippen LogP contribution < -0.4 is 5.73 Å². The summed E-state index contributed by atoms with van der Waals surface area (Å²) in [6.45, 7) is 2.38. The van der Waals surface area contributed by atoms with Gasteiger partial charge in [-0.25, -0.2) is 0 Å². The predicted molar refractivity (Wildman–Crippen MR) is 45.3 cm³/mol. The fraction of sp³-hybridized carbons (Fsp3) is 1.00. The minimum atomic E-state index is 0.00343. The van der Waals surface area contributed by atoms with Gasteiger partial charge in [-0.1, -0.05) is 0 Å². The molecule has 1 atom stereocenters. The van der Waals surface area contributed by atoms with Crippen LogP contribution in [0.4, 0.5) is 0 Å². The van der Waals surface area contributed by atoms with Gasteiger partial charge in [0.05, 0.1) is 6.61 Å². The molecule has 0 aromatic rings. The zero-order chi connectivity index (χ0) is 8.27. The van der Waals surface area contributed by atoms with E-state index in [9.17, 15) is 0 Å². The van der Waals surface area contributed by atoms with E-state index >= 15 is 0 Å². The van der Waals surface area contributed by atoms with Crippen molar-refractivity contribution in [2.75, 3.05) is 26.7 Å². The summed E-state index contributed by atoms with van der Waals surface area (Å²) in [5.74, 6) is 0.538. The molecule has 1 rings (SSSR count). The summed E-state index contributed by atoms with van der Waals surface area (Å²) in [6, 6.07) is 0.00343. The van der Waals surface area contributed by atoms with Crippen molar-refractivity contribution in [1.82, 2.24) is 4.90 Å². The molecule has 3 N–H and O–H groups in total. The number of rotatable bonds is 2. The molecular weight excluding hydrogens is 140 g/mol. The molecule has 0 radical (unpaired) electrons. The smallest absolute Gasteiger partial charge is 0.0585 e. The molecule has 1 saturated heterocycles. The highest BCUT2D eigenvalue weighted by Gasteiger charge is 2.21. The van der Waals surface area contributed by atoms with E-state index in [-0.39, 0.29) is 12.6 Å². The first-order chi connectivity index (χ1) is 5.24. The minimum absolute atomic E-state index is 0.00343. The molecule has 0 aromatic heterocycles. The number of nitrogens with zero attached hydrogens (tertiary/aromatic N) is 1. The van der Waals surface area contributed by atoms with Crippen molar-refractivity contribution < 1.29 is 5.11 Å². The fourth-order valence-corrected chi connectivity index (χ4v) is 1.61. The lowest BCUT2D eigenvalue weighted by Gasteiger charge is -2.31. The summed E-state index contributed by atoms with van der Waals surface area (Å²) in [5.41, 5.74) is 5.72. The number of hydrogen-bond donors (Lipinski definition) is 2. The molecule has 0 saturated carbocycles. The molecule has 1 aliphatic rings. The van der Waals surface area contributed by atoms with Crippen LogP contribution in [-0.2, 0) is 0 Å². The molecule has 1 fully saturated rings. The monoisotopic (exact) mass is 158 g/mol. The average Bonchev–Trinajstić information content (AvgIpc) is 2.05. The average molecular weight is 158 g/mol. The normalized spacial score (nSPS) is 25.4. The summed E-state index contributed by atoms with van der Waals surface area (Å²) in [7, 11) is 2.13. The Morgan fingerprint density at radius 3 is 2.55 bits per heavy atom.